The van der Waals surface area contributed by atoms with Crippen LogP contribution in [0.1, 0.15) is 5.56 Å². The minimum absolute atomic E-state index is 0.644. The number of carbonyl (C=O) groups excluding carboxylic acids is 1. The van der Waals surface area contributed by atoms with Crippen LogP contribution in [-0.4, -0.2) is 27.4 Å². The Bertz CT molecular complexity index is 286. The van der Waals surface area contributed by atoms with Crippen molar-refractivity contribution in [3.8, 4) is 0 Å². The third-order valence-corrected chi connectivity index (χ3v) is 1.74. The summed E-state index contributed by atoms with van der Waals surface area (Å²) in [7, 11) is 6.07. The molecule has 0 heterocycles. The van der Waals surface area contributed by atoms with Gasteiger partial charge < -0.3 is 0 Å². The van der Waals surface area contributed by atoms with Crippen molar-refractivity contribution in [2.45, 2.75) is 0 Å². The maximum atomic E-state index is 10.5. The Morgan fingerprint density at radius 2 is 1.75 bits per heavy atom. The Kier molecular flexibility index (Phi) is 2.29. The Morgan fingerprint density at radius 3 is 2.17 bits per heavy atom. The summed E-state index contributed by atoms with van der Waals surface area (Å²) in [6.45, 7) is 0. The molecule has 0 spiro atoms. The zero-order valence-corrected chi connectivity index (χ0v) is 7.66. The fourth-order valence-electron chi connectivity index (χ4n) is 1.14. The van der Waals surface area contributed by atoms with Gasteiger partial charge in [0.1, 0.15) is 5.69 Å². The number of hydrogen-bond donors (Lipinski definition) is 0. The average Bonchev–Trinajstić information content (AvgIpc) is 2.03. The molecule has 12 heavy (non-hydrogen) atoms. The lowest BCUT2D eigenvalue weighted by atomic mass is 10.1. The predicted octanol–water partition coefficient (Wildman–Crippen LogP) is 1.34. The SMILES string of the molecule is C[N+](C)(C)c1ccccc1[C]=O. The van der Waals surface area contributed by atoms with Crippen LogP contribution in [0.3, 0.4) is 0 Å². The van der Waals surface area contributed by atoms with E-state index >= 15 is 0 Å². The molecule has 2 nitrogen and oxygen atoms in total. The average molecular weight is 163 g/mol. The van der Waals surface area contributed by atoms with Crippen molar-refractivity contribution in [1.29, 1.82) is 0 Å². The minimum atomic E-state index is 0.644. The van der Waals surface area contributed by atoms with Crippen LogP contribution in [0.5, 0.6) is 0 Å². The van der Waals surface area contributed by atoms with Gasteiger partial charge in [-0.1, -0.05) is 12.1 Å². The number of nitrogens with zero attached hydrogens (tertiary/aromatic N) is 1. The van der Waals surface area contributed by atoms with Crippen LogP contribution in [-0.2, 0) is 4.79 Å². The fraction of sp³-hybridized carbons (Fsp3) is 0.300. The van der Waals surface area contributed by atoms with Gasteiger partial charge in [0.05, 0.1) is 26.7 Å². The van der Waals surface area contributed by atoms with Gasteiger partial charge in [0.15, 0.2) is 0 Å². The standard InChI is InChI=1S/C10H13NO/c1-11(2,3)10-7-5-4-6-9(10)8-12/h4-7H,1-3H3/q+1. The molecule has 0 N–H and O–H groups in total. The van der Waals surface area contributed by atoms with Crippen LogP contribution in [0.4, 0.5) is 5.69 Å². The summed E-state index contributed by atoms with van der Waals surface area (Å²) >= 11 is 0. The smallest absolute Gasteiger partial charge is 0.239 e. The monoisotopic (exact) mass is 163 g/mol. The Hall–Kier alpha value is -1.15. The minimum Gasteiger partial charge on any atom is -0.298 e. The molecule has 0 saturated carbocycles. The second-order valence-electron chi connectivity index (χ2n) is 3.63. The van der Waals surface area contributed by atoms with Gasteiger partial charge in [-0.05, 0) is 12.1 Å². The van der Waals surface area contributed by atoms with E-state index in [0.717, 1.165) is 5.69 Å². The summed E-state index contributed by atoms with van der Waals surface area (Å²) < 4.78 is 0.644. The topological polar surface area (TPSA) is 17.1 Å². The van der Waals surface area contributed by atoms with Gasteiger partial charge in [0.2, 0.25) is 6.29 Å². The molecule has 1 radical (unpaired) electrons. The number of rotatable bonds is 2. The van der Waals surface area contributed by atoms with Crippen LogP contribution >= 0.6 is 0 Å². The number of quaternary nitrogens is 1. The Labute approximate surface area is 73.0 Å². The van der Waals surface area contributed by atoms with Gasteiger partial charge in [-0.3, -0.25) is 9.28 Å². The van der Waals surface area contributed by atoms with E-state index in [2.05, 4.69) is 0 Å². The Morgan fingerprint density at radius 1 is 1.17 bits per heavy atom. The summed E-state index contributed by atoms with van der Waals surface area (Å²) in [5, 5.41) is 0. The summed E-state index contributed by atoms with van der Waals surface area (Å²) in [5.41, 5.74) is 1.64. The maximum Gasteiger partial charge on any atom is 0.239 e. The number of hydrogen-bond acceptors (Lipinski definition) is 1. The van der Waals surface area contributed by atoms with E-state index in [0.29, 0.717) is 10.0 Å². The largest absolute Gasteiger partial charge is 0.298 e. The molecule has 0 unspecified atom stereocenters. The van der Waals surface area contributed by atoms with E-state index in [1.54, 1.807) is 6.07 Å². The molecular formula is C10H13NO+. The van der Waals surface area contributed by atoms with Crippen molar-refractivity contribution in [2.24, 2.45) is 0 Å². The highest BCUT2D eigenvalue weighted by atomic mass is 16.1. The second-order valence-corrected chi connectivity index (χ2v) is 3.63. The van der Waals surface area contributed by atoms with Crippen molar-refractivity contribution in [3.05, 3.63) is 29.8 Å². The van der Waals surface area contributed by atoms with Gasteiger partial charge in [-0.25, -0.2) is 0 Å². The van der Waals surface area contributed by atoms with Gasteiger partial charge in [-0.2, -0.15) is 0 Å². The predicted molar refractivity (Wildman–Crippen MR) is 50.8 cm³/mol. The van der Waals surface area contributed by atoms with Gasteiger partial charge in [0.25, 0.3) is 0 Å². The summed E-state index contributed by atoms with van der Waals surface area (Å²) in [6, 6.07) is 7.51. The molecule has 0 saturated heterocycles. The van der Waals surface area contributed by atoms with E-state index in [9.17, 15) is 4.79 Å². The highest BCUT2D eigenvalue weighted by Gasteiger charge is 2.16. The van der Waals surface area contributed by atoms with E-state index in [1.807, 2.05) is 45.6 Å². The first-order valence-electron chi connectivity index (χ1n) is 3.85. The summed E-state index contributed by atoms with van der Waals surface area (Å²) in [6.07, 6.45) is 1.94. The van der Waals surface area contributed by atoms with Crippen LogP contribution < -0.4 is 4.48 Å². The first-order valence-corrected chi connectivity index (χ1v) is 3.85. The molecule has 0 aliphatic rings. The van der Waals surface area contributed by atoms with E-state index in [-0.39, 0.29) is 0 Å². The molecule has 1 rings (SSSR count). The summed E-state index contributed by atoms with van der Waals surface area (Å²) in [4.78, 5) is 10.5. The van der Waals surface area contributed by atoms with Crippen molar-refractivity contribution >= 4 is 12.0 Å². The van der Waals surface area contributed by atoms with Gasteiger partial charge in [-0.15, -0.1) is 0 Å². The highest BCUT2D eigenvalue weighted by molar-refractivity contribution is 5.83. The third kappa shape index (κ3) is 1.71. The molecule has 1 aromatic rings. The van der Waals surface area contributed by atoms with Crippen molar-refractivity contribution in [1.82, 2.24) is 4.48 Å². The van der Waals surface area contributed by atoms with Crippen molar-refractivity contribution in [2.75, 3.05) is 21.1 Å². The third-order valence-electron chi connectivity index (χ3n) is 1.74. The fourth-order valence-corrected chi connectivity index (χ4v) is 1.14. The molecule has 1 aromatic carbocycles. The molecule has 0 aromatic heterocycles. The van der Waals surface area contributed by atoms with Crippen molar-refractivity contribution < 1.29 is 4.79 Å². The lowest BCUT2D eigenvalue weighted by molar-refractivity contribution is 0.484. The zero-order valence-electron chi connectivity index (χ0n) is 7.66. The van der Waals surface area contributed by atoms with E-state index in [1.165, 1.54) is 0 Å². The second kappa shape index (κ2) is 3.07. The van der Waals surface area contributed by atoms with Crippen LogP contribution in [0, 0.1) is 0 Å². The van der Waals surface area contributed by atoms with E-state index < -0.39 is 0 Å². The molecule has 0 amide bonds. The quantitative estimate of drug-likeness (QED) is 0.601. The maximum absolute atomic E-state index is 10.5. The summed E-state index contributed by atoms with van der Waals surface area (Å²) in [5.74, 6) is 0. The molecule has 0 aliphatic heterocycles. The first-order chi connectivity index (χ1) is 5.55. The van der Waals surface area contributed by atoms with Gasteiger partial charge in [0, 0.05) is 0 Å². The molecular weight excluding hydrogens is 150 g/mol. The highest BCUT2D eigenvalue weighted by Crippen LogP contribution is 2.20. The number of para-hydroxylation sites is 1. The Balaban J connectivity index is 3.23. The zero-order chi connectivity index (χ0) is 9.19. The van der Waals surface area contributed by atoms with Crippen LogP contribution in [0.25, 0.3) is 0 Å². The molecule has 0 atom stereocenters. The first kappa shape index (κ1) is 8.94. The van der Waals surface area contributed by atoms with E-state index in [4.69, 9.17) is 0 Å². The molecule has 0 aliphatic carbocycles. The van der Waals surface area contributed by atoms with Crippen LogP contribution in [0.2, 0.25) is 0 Å². The van der Waals surface area contributed by atoms with Crippen LogP contribution in [0.15, 0.2) is 24.3 Å². The lowest BCUT2D eigenvalue weighted by Crippen LogP contribution is -2.35. The lowest BCUT2D eigenvalue weighted by Gasteiger charge is -2.24. The molecule has 2 heteroatoms. The molecule has 0 bridgehead atoms. The normalized spacial score (nSPS) is 11.2. The van der Waals surface area contributed by atoms with Crippen molar-refractivity contribution in [3.63, 3.8) is 0 Å². The molecule has 63 valence electrons. The molecule has 0 fully saturated rings. The number of benzene rings is 1. The van der Waals surface area contributed by atoms with Gasteiger partial charge >= 0.3 is 0 Å².